The van der Waals surface area contributed by atoms with Gasteiger partial charge in [-0.3, -0.25) is 0 Å². The molecule has 0 aromatic heterocycles. The van der Waals surface area contributed by atoms with E-state index in [1.807, 2.05) is 6.07 Å². The molecular weight excluding hydrogens is 229 g/mol. The Morgan fingerprint density at radius 1 is 1.25 bits per heavy atom. The van der Waals surface area contributed by atoms with Gasteiger partial charge in [0, 0.05) is 31.9 Å². The predicted molar refractivity (Wildman–Crippen MR) is 63.4 cm³/mol. The number of piperazine rings is 1. The highest BCUT2D eigenvalue weighted by Gasteiger charge is 2.11. The van der Waals surface area contributed by atoms with E-state index in [9.17, 15) is 4.39 Å². The molecule has 1 aromatic carbocycles. The molecule has 86 valence electrons. The number of benzene rings is 1. The van der Waals surface area contributed by atoms with Gasteiger partial charge < -0.3 is 10.2 Å². The van der Waals surface area contributed by atoms with Gasteiger partial charge >= 0.3 is 0 Å². The Labute approximate surface area is 100 Å². The second kappa shape index (κ2) is 5.69. The van der Waals surface area contributed by atoms with Crippen molar-refractivity contribution in [1.82, 2.24) is 5.32 Å². The van der Waals surface area contributed by atoms with Crippen LogP contribution < -0.4 is 10.2 Å². The number of nitrogens with zero attached hydrogens (tertiary/aromatic N) is 2. The molecule has 0 saturated carbocycles. The molecule has 3 nitrogen and oxygen atoms in total. The third-order valence-corrected chi connectivity index (χ3v) is 2.49. The van der Waals surface area contributed by atoms with Crippen molar-refractivity contribution in [2.24, 2.45) is 0 Å². The van der Waals surface area contributed by atoms with Crippen molar-refractivity contribution in [2.45, 2.75) is 0 Å². The maximum Gasteiger partial charge on any atom is 0.126 e. The lowest BCUT2D eigenvalue weighted by Crippen LogP contribution is -2.43. The minimum Gasteiger partial charge on any atom is -0.369 e. The largest absolute Gasteiger partial charge is 0.369 e. The number of anilines is 1. The second-order valence-corrected chi connectivity index (χ2v) is 3.55. The second-order valence-electron chi connectivity index (χ2n) is 3.55. The molecule has 5 heteroatoms. The summed E-state index contributed by atoms with van der Waals surface area (Å²) in [6, 6.07) is 6.43. The molecule has 2 rings (SSSR count). The summed E-state index contributed by atoms with van der Waals surface area (Å²) in [7, 11) is 0. The molecule has 0 amide bonds. The lowest BCUT2D eigenvalue weighted by atomic mass is 10.2. The molecule has 1 heterocycles. The van der Waals surface area contributed by atoms with Crippen LogP contribution in [0.25, 0.3) is 0 Å². The zero-order chi connectivity index (χ0) is 10.7. The third-order valence-electron chi connectivity index (χ3n) is 2.49. The van der Waals surface area contributed by atoms with Gasteiger partial charge in [-0.15, -0.1) is 12.4 Å². The Hall–Kier alpha value is -1.31. The van der Waals surface area contributed by atoms with Crippen LogP contribution >= 0.6 is 12.4 Å². The normalized spacial score (nSPS) is 15.1. The fourth-order valence-electron chi connectivity index (χ4n) is 1.74. The van der Waals surface area contributed by atoms with E-state index >= 15 is 0 Å². The van der Waals surface area contributed by atoms with Crippen LogP contribution in [0.3, 0.4) is 0 Å². The number of rotatable bonds is 1. The maximum absolute atomic E-state index is 13.2. The molecule has 0 radical (unpaired) electrons. The zero-order valence-electron chi connectivity index (χ0n) is 8.74. The van der Waals surface area contributed by atoms with Crippen molar-refractivity contribution in [3.63, 3.8) is 0 Å². The third kappa shape index (κ3) is 2.84. The van der Waals surface area contributed by atoms with Gasteiger partial charge in [0.1, 0.15) is 5.82 Å². The van der Waals surface area contributed by atoms with Crippen molar-refractivity contribution in [2.75, 3.05) is 31.1 Å². The molecule has 1 saturated heterocycles. The number of nitriles is 1. The average Bonchev–Trinajstić information content (AvgIpc) is 2.29. The number of halogens is 2. The van der Waals surface area contributed by atoms with Crippen LogP contribution in [0.15, 0.2) is 18.2 Å². The van der Waals surface area contributed by atoms with E-state index in [2.05, 4.69) is 10.2 Å². The lowest BCUT2D eigenvalue weighted by molar-refractivity contribution is 0.584. The minimum absolute atomic E-state index is 0. The molecule has 0 spiro atoms. The fourth-order valence-corrected chi connectivity index (χ4v) is 1.74. The van der Waals surface area contributed by atoms with Crippen LogP contribution in [-0.2, 0) is 0 Å². The predicted octanol–water partition coefficient (Wildman–Crippen LogP) is 1.53. The standard InChI is InChI=1S/C11H12FN3.ClH/c12-10-5-9(8-13)6-11(7-10)15-3-1-14-2-4-15;/h5-7,14H,1-4H2;1H. The van der Waals surface area contributed by atoms with Crippen molar-refractivity contribution in [3.05, 3.63) is 29.6 Å². The van der Waals surface area contributed by atoms with E-state index in [-0.39, 0.29) is 18.2 Å². The Morgan fingerprint density at radius 2 is 1.94 bits per heavy atom. The highest BCUT2D eigenvalue weighted by atomic mass is 35.5. The summed E-state index contributed by atoms with van der Waals surface area (Å²) in [5.41, 5.74) is 1.18. The van der Waals surface area contributed by atoms with Crippen molar-refractivity contribution in [3.8, 4) is 6.07 Å². The Kier molecular flexibility index (Phi) is 4.53. The summed E-state index contributed by atoms with van der Waals surface area (Å²) in [6.07, 6.45) is 0. The molecule has 16 heavy (non-hydrogen) atoms. The molecule has 0 atom stereocenters. The van der Waals surface area contributed by atoms with E-state index in [0.29, 0.717) is 5.56 Å². The van der Waals surface area contributed by atoms with E-state index in [4.69, 9.17) is 5.26 Å². The molecule has 0 aliphatic carbocycles. The molecular formula is C11H13ClFN3. The smallest absolute Gasteiger partial charge is 0.126 e. The summed E-state index contributed by atoms with van der Waals surface area (Å²) in [5, 5.41) is 12.0. The number of nitrogens with one attached hydrogen (secondary N) is 1. The summed E-state index contributed by atoms with van der Waals surface area (Å²) >= 11 is 0. The average molecular weight is 242 g/mol. The number of hydrogen-bond acceptors (Lipinski definition) is 3. The topological polar surface area (TPSA) is 39.1 Å². The van der Waals surface area contributed by atoms with Crippen molar-refractivity contribution in [1.29, 1.82) is 5.26 Å². The van der Waals surface area contributed by atoms with Crippen molar-refractivity contribution < 1.29 is 4.39 Å². The molecule has 1 aliphatic heterocycles. The van der Waals surface area contributed by atoms with E-state index < -0.39 is 0 Å². The van der Waals surface area contributed by atoms with Gasteiger partial charge in [-0.1, -0.05) is 0 Å². The molecule has 1 fully saturated rings. The van der Waals surface area contributed by atoms with Crippen LogP contribution in [0.2, 0.25) is 0 Å². The van der Waals surface area contributed by atoms with Gasteiger partial charge in [-0.05, 0) is 18.2 Å². The quantitative estimate of drug-likeness (QED) is 0.811. The van der Waals surface area contributed by atoms with E-state index in [0.717, 1.165) is 31.9 Å². The summed E-state index contributed by atoms with van der Waals surface area (Å²) < 4.78 is 13.2. The van der Waals surface area contributed by atoms with Gasteiger partial charge in [-0.2, -0.15) is 5.26 Å². The summed E-state index contributed by atoms with van der Waals surface area (Å²) in [4.78, 5) is 2.08. The molecule has 0 unspecified atom stereocenters. The van der Waals surface area contributed by atoms with Crippen LogP contribution in [0.1, 0.15) is 5.56 Å². The van der Waals surface area contributed by atoms with E-state index in [1.54, 1.807) is 6.07 Å². The van der Waals surface area contributed by atoms with Crippen LogP contribution in [0.4, 0.5) is 10.1 Å². The summed E-state index contributed by atoms with van der Waals surface area (Å²) in [5.74, 6) is -0.345. The van der Waals surface area contributed by atoms with E-state index in [1.165, 1.54) is 12.1 Å². The highest BCUT2D eigenvalue weighted by Crippen LogP contribution is 2.18. The monoisotopic (exact) mass is 241 g/mol. The molecule has 1 aromatic rings. The van der Waals surface area contributed by atoms with Gasteiger partial charge in [0.25, 0.3) is 0 Å². The highest BCUT2D eigenvalue weighted by molar-refractivity contribution is 5.85. The first kappa shape index (κ1) is 12.8. The van der Waals surface area contributed by atoms with Crippen LogP contribution in [0.5, 0.6) is 0 Å². The van der Waals surface area contributed by atoms with Crippen LogP contribution in [-0.4, -0.2) is 26.2 Å². The van der Waals surface area contributed by atoms with Crippen molar-refractivity contribution >= 4 is 18.1 Å². The maximum atomic E-state index is 13.2. The van der Waals surface area contributed by atoms with Gasteiger partial charge in [0.05, 0.1) is 11.6 Å². The number of hydrogen-bond donors (Lipinski definition) is 1. The van der Waals surface area contributed by atoms with Gasteiger partial charge in [0.15, 0.2) is 0 Å². The Bertz CT molecular complexity index is 397. The molecule has 1 N–H and O–H groups in total. The van der Waals surface area contributed by atoms with Gasteiger partial charge in [-0.25, -0.2) is 4.39 Å². The molecule has 0 bridgehead atoms. The first-order chi connectivity index (χ1) is 7.29. The Morgan fingerprint density at radius 3 is 2.56 bits per heavy atom. The summed E-state index contributed by atoms with van der Waals surface area (Å²) in [6.45, 7) is 3.51. The minimum atomic E-state index is -0.345. The Balaban J connectivity index is 0.00000128. The SMILES string of the molecule is Cl.N#Cc1cc(F)cc(N2CCNCC2)c1. The lowest BCUT2D eigenvalue weighted by Gasteiger charge is -2.29. The van der Waals surface area contributed by atoms with Gasteiger partial charge in [0.2, 0.25) is 0 Å². The zero-order valence-corrected chi connectivity index (χ0v) is 9.56. The fraction of sp³-hybridized carbons (Fsp3) is 0.364. The first-order valence-corrected chi connectivity index (χ1v) is 4.96. The van der Waals surface area contributed by atoms with Crippen LogP contribution in [0, 0.1) is 17.1 Å². The molecule has 1 aliphatic rings. The first-order valence-electron chi connectivity index (χ1n) is 4.96.